The molecule has 1 N–H and O–H groups in total. The molecule has 1 aromatic heterocycles. The van der Waals surface area contributed by atoms with Crippen molar-refractivity contribution in [3.05, 3.63) is 23.9 Å². The summed E-state index contributed by atoms with van der Waals surface area (Å²) in [6.07, 6.45) is 10.7. The van der Waals surface area contributed by atoms with Crippen LogP contribution in [0, 0.1) is 5.92 Å². The van der Waals surface area contributed by atoms with Crippen LogP contribution >= 0.6 is 0 Å². The van der Waals surface area contributed by atoms with E-state index in [2.05, 4.69) is 35.9 Å². The predicted molar refractivity (Wildman–Crippen MR) is 117 cm³/mol. The lowest BCUT2D eigenvalue weighted by Crippen LogP contribution is -2.51. The maximum atomic E-state index is 13.5. The van der Waals surface area contributed by atoms with Gasteiger partial charge in [-0.25, -0.2) is 4.98 Å². The van der Waals surface area contributed by atoms with E-state index in [1.807, 2.05) is 17.0 Å². The number of likely N-dealkylation sites (tertiary alicyclic amines) is 1. The summed E-state index contributed by atoms with van der Waals surface area (Å²) in [4.78, 5) is 24.6. The quantitative estimate of drug-likeness (QED) is 0.760. The van der Waals surface area contributed by atoms with E-state index in [0.29, 0.717) is 18.0 Å². The summed E-state index contributed by atoms with van der Waals surface area (Å²) < 4.78 is 0. The summed E-state index contributed by atoms with van der Waals surface area (Å²) in [6.45, 7) is 1.74. The smallest absolute Gasteiger partial charge is 0.257 e. The van der Waals surface area contributed by atoms with Crippen molar-refractivity contribution in [2.24, 2.45) is 5.92 Å². The topological polar surface area (TPSA) is 59.9 Å². The van der Waals surface area contributed by atoms with Gasteiger partial charge in [-0.3, -0.25) is 4.79 Å². The maximum absolute atomic E-state index is 13.5. The van der Waals surface area contributed by atoms with Gasteiger partial charge in [0.15, 0.2) is 0 Å². The molecule has 2 fully saturated rings. The van der Waals surface area contributed by atoms with Gasteiger partial charge in [0, 0.05) is 45.0 Å². The minimum Gasteiger partial charge on any atom is -0.396 e. The maximum Gasteiger partial charge on any atom is 0.257 e. The van der Waals surface area contributed by atoms with Gasteiger partial charge in [0.2, 0.25) is 0 Å². The SMILES string of the molecule is CN(c1ncccc1C(=O)N1CC[C@H](N(C)C)[C@H](CCCO)C1)C1CCCCC1. The molecule has 29 heavy (non-hydrogen) atoms. The first-order valence-electron chi connectivity index (χ1n) is 11.3. The molecule has 1 saturated heterocycles. The Morgan fingerprint density at radius 2 is 1.97 bits per heavy atom. The zero-order valence-corrected chi connectivity index (χ0v) is 18.4. The summed E-state index contributed by atoms with van der Waals surface area (Å²) >= 11 is 0. The molecule has 1 aliphatic carbocycles. The number of rotatable bonds is 7. The molecule has 6 heteroatoms. The second kappa shape index (κ2) is 10.4. The zero-order valence-electron chi connectivity index (χ0n) is 18.4. The monoisotopic (exact) mass is 402 g/mol. The van der Waals surface area contributed by atoms with Gasteiger partial charge in [0.25, 0.3) is 5.91 Å². The van der Waals surface area contributed by atoms with Crippen LogP contribution in [-0.2, 0) is 0 Å². The summed E-state index contributed by atoms with van der Waals surface area (Å²) in [7, 11) is 6.33. The first-order valence-corrected chi connectivity index (χ1v) is 11.3. The highest BCUT2D eigenvalue weighted by Gasteiger charge is 2.34. The van der Waals surface area contributed by atoms with E-state index in [1.165, 1.54) is 32.1 Å². The number of piperidine rings is 1. The Balaban J connectivity index is 1.76. The van der Waals surface area contributed by atoms with Crippen molar-refractivity contribution >= 4 is 11.7 Å². The Hall–Kier alpha value is -1.66. The molecule has 0 radical (unpaired) electrons. The van der Waals surface area contributed by atoms with Crippen LogP contribution in [0.5, 0.6) is 0 Å². The molecule has 3 rings (SSSR count). The van der Waals surface area contributed by atoms with Gasteiger partial charge >= 0.3 is 0 Å². The molecule has 0 aromatic carbocycles. The molecule has 2 aliphatic rings. The normalized spacial score (nSPS) is 23.4. The highest BCUT2D eigenvalue weighted by atomic mass is 16.3. The summed E-state index contributed by atoms with van der Waals surface area (Å²) in [6, 6.07) is 4.75. The van der Waals surface area contributed by atoms with Crippen LogP contribution < -0.4 is 4.90 Å². The highest BCUT2D eigenvalue weighted by molar-refractivity contribution is 5.99. The Labute approximate surface area is 175 Å². The molecule has 0 spiro atoms. The highest BCUT2D eigenvalue weighted by Crippen LogP contribution is 2.30. The van der Waals surface area contributed by atoms with Crippen molar-refractivity contribution < 1.29 is 9.90 Å². The Kier molecular flexibility index (Phi) is 7.90. The fraction of sp³-hybridized carbons (Fsp3) is 0.739. The van der Waals surface area contributed by atoms with Crippen molar-refractivity contribution in [1.82, 2.24) is 14.8 Å². The number of nitrogens with zero attached hydrogens (tertiary/aromatic N) is 4. The fourth-order valence-corrected chi connectivity index (χ4v) is 5.18. The van der Waals surface area contributed by atoms with E-state index >= 15 is 0 Å². The van der Waals surface area contributed by atoms with Gasteiger partial charge in [0.1, 0.15) is 5.82 Å². The van der Waals surface area contributed by atoms with E-state index in [0.717, 1.165) is 43.7 Å². The van der Waals surface area contributed by atoms with Crippen LogP contribution in [0.4, 0.5) is 5.82 Å². The van der Waals surface area contributed by atoms with E-state index in [-0.39, 0.29) is 12.5 Å². The van der Waals surface area contributed by atoms with Gasteiger partial charge in [-0.1, -0.05) is 19.3 Å². The molecule has 1 saturated carbocycles. The number of anilines is 1. The molecular formula is C23H38N4O2. The van der Waals surface area contributed by atoms with E-state index in [4.69, 9.17) is 0 Å². The van der Waals surface area contributed by atoms with Gasteiger partial charge in [-0.05, 0) is 64.3 Å². The number of aliphatic hydroxyl groups is 1. The van der Waals surface area contributed by atoms with Gasteiger partial charge in [-0.2, -0.15) is 0 Å². The summed E-state index contributed by atoms with van der Waals surface area (Å²) in [5.41, 5.74) is 0.727. The van der Waals surface area contributed by atoms with E-state index in [9.17, 15) is 9.90 Å². The lowest BCUT2D eigenvalue weighted by molar-refractivity contribution is 0.0496. The lowest BCUT2D eigenvalue weighted by Gasteiger charge is -2.42. The molecule has 2 heterocycles. The number of carbonyl (C=O) groups excluding carboxylic acids is 1. The third-order valence-electron chi connectivity index (χ3n) is 6.85. The third kappa shape index (κ3) is 5.28. The molecule has 1 aliphatic heterocycles. The van der Waals surface area contributed by atoms with Crippen molar-refractivity contribution in [2.75, 3.05) is 45.7 Å². The number of aromatic nitrogens is 1. The van der Waals surface area contributed by atoms with Crippen molar-refractivity contribution in [1.29, 1.82) is 0 Å². The zero-order chi connectivity index (χ0) is 20.8. The largest absolute Gasteiger partial charge is 0.396 e. The van der Waals surface area contributed by atoms with Crippen LogP contribution in [0.25, 0.3) is 0 Å². The number of carbonyl (C=O) groups is 1. The Bertz CT molecular complexity index is 660. The number of amides is 1. The van der Waals surface area contributed by atoms with Crippen LogP contribution in [0.1, 0.15) is 61.7 Å². The molecule has 0 bridgehead atoms. The van der Waals surface area contributed by atoms with E-state index in [1.54, 1.807) is 6.20 Å². The Morgan fingerprint density at radius 1 is 1.21 bits per heavy atom. The second-order valence-corrected chi connectivity index (χ2v) is 8.97. The van der Waals surface area contributed by atoms with Crippen LogP contribution in [-0.4, -0.2) is 78.7 Å². The molecule has 1 amide bonds. The van der Waals surface area contributed by atoms with Crippen LogP contribution in [0.15, 0.2) is 18.3 Å². The minimum absolute atomic E-state index is 0.0990. The average molecular weight is 403 g/mol. The van der Waals surface area contributed by atoms with Crippen molar-refractivity contribution in [3.63, 3.8) is 0 Å². The molecular weight excluding hydrogens is 364 g/mol. The summed E-state index contributed by atoms with van der Waals surface area (Å²) in [5, 5.41) is 9.29. The van der Waals surface area contributed by atoms with Crippen molar-refractivity contribution in [2.45, 2.75) is 63.5 Å². The second-order valence-electron chi connectivity index (χ2n) is 8.97. The Morgan fingerprint density at radius 3 is 2.66 bits per heavy atom. The van der Waals surface area contributed by atoms with Gasteiger partial charge in [0.05, 0.1) is 5.56 Å². The predicted octanol–water partition coefficient (Wildman–Crippen LogP) is 3.02. The number of hydrogen-bond acceptors (Lipinski definition) is 5. The van der Waals surface area contributed by atoms with Gasteiger partial charge < -0.3 is 19.8 Å². The first kappa shape index (κ1) is 22.0. The van der Waals surface area contributed by atoms with Gasteiger partial charge in [-0.15, -0.1) is 0 Å². The molecule has 1 aromatic rings. The summed E-state index contributed by atoms with van der Waals surface area (Å²) in [5.74, 6) is 1.32. The van der Waals surface area contributed by atoms with Crippen LogP contribution in [0.3, 0.4) is 0 Å². The fourth-order valence-electron chi connectivity index (χ4n) is 5.18. The number of aliphatic hydroxyl groups excluding tert-OH is 1. The number of hydrogen-bond donors (Lipinski definition) is 1. The lowest BCUT2D eigenvalue weighted by atomic mass is 9.87. The van der Waals surface area contributed by atoms with Crippen molar-refractivity contribution in [3.8, 4) is 0 Å². The molecule has 2 atom stereocenters. The molecule has 6 nitrogen and oxygen atoms in total. The number of pyridine rings is 1. The standard InChI is InChI=1S/C23H38N4O2/c1-25(2)21-13-15-27(17-18(21)9-8-16-28)23(29)20-12-7-14-24-22(20)26(3)19-10-5-4-6-11-19/h7,12,14,18-19,21,28H,4-6,8-11,13,15-17H2,1-3H3/t18-,21+/m1/s1. The minimum atomic E-state index is 0.0990. The third-order valence-corrected chi connectivity index (χ3v) is 6.85. The average Bonchev–Trinajstić information content (AvgIpc) is 2.77. The van der Waals surface area contributed by atoms with E-state index < -0.39 is 0 Å². The van der Waals surface area contributed by atoms with Crippen LogP contribution in [0.2, 0.25) is 0 Å². The molecule has 0 unspecified atom stereocenters. The molecule has 162 valence electrons. The first-order chi connectivity index (χ1) is 14.0.